The Hall–Kier alpha value is -2.43. The zero-order valence-corrected chi connectivity index (χ0v) is 10.2. The van der Waals surface area contributed by atoms with E-state index in [-0.39, 0.29) is 5.97 Å². The first kappa shape index (κ1) is 12.0. The third-order valence-corrected chi connectivity index (χ3v) is 2.52. The molecule has 0 aliphatic rings. The summed E-state index contributed by atoms with van der Waals surface area (Å²) < 4.78 is 4.64. The first-order valence-corrected chi connectivity index (χ1v) is 5.43. The molecule has 0 atom stereocenters. The minimum Gasteiger partial charge on any atom is -0.465 e. The highest BCUT2D eigenvalue weighted by molar-refractivity contribution is 5.89. The van der Waals surface area contributed by atoms with Crippen molar-refractivity contribution in [3.05, 3.63) is 42.2 Å². The van der Waals surface area contributed by atoms with Gasteiger partial charge in [0.05, 0.1) is 18.4 Å². The van der Waals surface area contributed by atoms with Gasteiger partial charge in [0, 0.05) is 18.7 Å². The lowest BCUT2D eigenvalue weighted by Crippen LogP contribution is -2.00. The van der Waals surface area contributed by atoms with Crippen molar-refractivity contribution in [1.29, 1.82) is 0 Å². The fourth-order valence-electron chi connectivity index (χ4n) is 1.55. The third kappa shape index (κ3) is 2.45. The Morgan fingerprint density at radius 3 is 2.56 bits per heavy atom. The fourth-order valence-corrected chi connectivity index (χ4v) is 1.55. The van der Waals surface area contributed by atoms with Gasteiger partial charge in [0.2, 0.25) is 0 Å². The van der Waals surface area contributed by atoms with Gasteiger partial charge in [-0.2, -0.15) is 0 Å². The molecular weight excluding hydrogens is 230 g/mol. The molecule has 0 unspecified atom stereocenters. The second-order valence-electron chi connectivity index (χ2n) is 3.61. The third-order valence-electron chi connectivity index (χ3n) is 2.52. The Kier molecular flexibility index (Phi) is 3.52. The number of hydrogen-bond donors (Lipinski definition) is 1. The number of hydrogen-bond acceptors (Lipinski definition) is 5. The number of methoxy groups -OCH3 is 1. The zero-order valence-electron chi connectivity index (χ0n) is 10.2. The first-order valence-electron chi connectivity index (χ1n) is 5.43. The number of anilines is 1. The molecule has 92 valence electrons. The van der Waals surface area contributed by atoms with Crippen LogP contribution in [0.2, 0.25) is 0 Å². The number of benzene rings is 1. The van der Waals surface area contributed by atoms with Gasteiger partial charge in [-0.1, -0.05) is 12.1 Å². The summed E-state index contributed by atoms with van der Waals surface area (Å²) in [7, 11) is 3.16. The van der Waals surface area contributed by atoms with Crippen molar-refractivity contribution >= 4 is 11.8 Å². The van der Waals surface area contributed by atoms with E-state index >= 15 is 0 Å². The monoisotopic (exact) mass is 243 g/mol. The van der Waals surface area contributed by atoms with Gasteiger partial charge < -0.3 is 10.1 Å². The molecule has 1 N–H and O–H groups in total. The van der Waals surface area contributed by atoms with Gasteiger partial charge in [-0.05, 0) is 12.1 Å². The van der Waals surface area contributed by atoms with Crippen molar-refractivity contribution in [1.82, 2.24) is 9.97 Å². The largest absolute Gasteiger partial charge is 0.465 e. The number of nitrogens with zero attached hydrogens (tertiary/aromatic N) is 2. The average Bonchev–Trinajstić information content (AvgIpc) is 2.46. The molecule has 0 amide bonds. The number of nitrogens with one attached hydrogen (secondary N) is 1. The maximum Gasteiger partial charge on any atom is 0.337 e. The summed E-state index contributed by atoms with van der Waals surface area (Å²) in [6.07, 6.45) is 1.50. The van der Waals surface area contributed by atoms with Gasteiger partial charge in [0.1, 0.15) is 12.1 Å². The van der Waals surface area contributed by atoms with Gasteiger partial charge in [0.15, 0.2) is 0 Å². The summed E-state index contributed by atoms with van der Waals surface area (Å²) in [5, 5.41) is 2.95. The molecule has 0 radical (unpaired) electrons. The molecule has 0 fully saturated rings. The Balaban J connectivity index is 2.31. The van der Waals surface area contributed by atoms with E-state index in [1.807, 2.05) is 18.2 Å². The molecule has 5 heteroatoms. The summed E-state index contributed by atoms with van der Waals surface area (Å²) in [6.45, 7) is 0. The molecule has 0 saturated carbocycles. The summed E-state index contributed by atoms with van der Waals surface area (Å²) >= 11 is 0. The average molecular weight is 243 g/mol. The van der Waals surface area contributed by atoms with Crippen molar-refractivity contribution in [3.8, 4) is 11.3 Å². The van der Waals surface area contributed by atoms with Crippen LogP contribution in [0.15, 0.2) is 36.7 Å². The maximum absolute atomic E-state index is 11.3. The predicted octanol–water partition coefficient (Wildman–Crippen LogP) is 1.97. The van der Waals surface area contributed by atoms with Crippen LogP contribution in [0.5, 0.6) is 0 Å². The maximum atomic E-state index is 11.3. The molecule has 0 spiro atoms. The van der Waals surface area contributed by atoms with Crippen LogP contribution in [0.3, 0.4) is 0 Å². The Bertz CT molecular complexity index is 552. The van der Waals surface area contributed by atoms with E-state index < -0.39 is 0 Å². The zero-order chi connectivity index (χ0) is 13.0. The first-order chi connectivity index (χ1) is 8.74. The lowest BCUT2D eigenvalue weighted by Gasteiger charge is -2.04. The van der Waals surface area contributed by atoms with Gasteiger partial charge in [-0.25, -0.2) is 14.8 Å². The van der Waals surface area contributed by atoms with Gasteiger partial charge in [-0.15, -0.1) is 0 Å². The van der Waals surface area contributed by atoms with Crippen LogP contribution in [-0.4, -0.2) is 30.1 Å². The van der Waals surface area contributed by atoms with E-state index in [4.69, 9.17) is 0 Å². The lowest BCUT2D eigenvalue weighted by molar-refractivity contribution is 0.0601. The van der Waals surface area contributed by atoms with Crippen molar-refractivity contribution in [3.63, 3.8) is 0 Å². The highest BCUT2D eigenvalue weighted by Gasteiger charge is 2.06. The molecular formula is C13H13N3O2. The molecule has 0 saturated heterocycles. The minimum absolute atomic E-state index is 0.347. The van der Waals surface area contributed by atoms with E-state index in [1.165, 1.54) is 13.4 Å². The van der Waals surface area contributed by atoms with Crippen LogP contribution >= 0.6 is 0 Å². The predicted molar refractivity (Wildman–Crippen MR) is 68.4 cm³/mol. The van der Waals surface area contributed by atoms with Crippen LogP contribution in [0.4, 0.5) is 5.82 Å². The molecule has 2 aromatic rings. The van der Waals surface area contributed by atoms with Crippen LogP contribution in [0.25, 0.3) is 11.3 Å². The minimum atomic E-state index is -0.347. The lowest BCUT2D eigenvalue weighted by atomic mass is 10.1. The topological polar surface area (TPSA) is 64.1 Å². The summed E-state index contributed by atoms with van der Waals surface area (Å²) in [6, 6.07) is 8.92. The van der Waals surface area contributed by atoms with Crippen LogP contribution in [0, 0.1) is 0 Å². The van der Waals surface area contributed by atoms with Crippen molar-refractivity contribution in [2.24, 2.45) is 0 Å². The van der Waals surface area contributed by atoms with Gasteiger partial charge >= 0.3 is 5.97 Å². The quantitative estimate of drug-likeness (QED) is 0.835. The number of carbonyl (C=O) groups excluding carboxylic acids is 1. The van der Waals surface area contributed by atoms with E-state index in [1.54, 1.807) is 19.2 Å². The molecule has 1 heterocycles. The van der Waals surface area contributed by atoms with Gasteiger partial charge in [0.25, 0.3) is 0 Å². The standard InChI is InChI=1S/C13H13N3O2/c1-14-12-7-11(15-8-16-12)9-3-5-10(6-4-9)13(17)18-2/h3-8H,1-2H3,(H,14,15,16). The molecule has 5 nitrogen and oxygen atoms in total. The molecule has 0 aliphatic carbocycles. The fraction of sp³-hybridized carbons (Fsp3) is 0.154. The highest BCUT2D eigenvalue weighted by atomic mass is 16.5. The number of carbonyl (C=O) groups is 1. The summed E-state index contributed by atoms with van der Waals surface area (Å²) in [4.78, 5) is 19.5. The number of esters is 1. The Morgan fingerprint density at radius 1 is 1.22 bits per heavy atom. The van der Waals surface area contributed by atoms with Crippen LogP contribution < -0.4 is 5.32 Å². The van der Waals surface area contributed by atoms with E-state index in [2.05, 4.69) is 20.0 Å². The van der Waals surface area contributed by atoms with Crippen molar-refractivity contribution in [2.75, 3.05) is 19.5 Å². The SMILES string of the molecule is CNc1cc(-c2ccc(C(=O)OC)cc2)ncn1. The molecule has 1 aromatic heterocycles. The number of aromatic nitrogens is 2. The van der Waals surface area contributed by atoms with E-state index in [9.17, 15) is 4.79 Å². The summed E-state index contributed by atoms with van der Waals surface area (Å²) in [5.74, 6) is 0.400. The number of ether oxygens (including phenoxy) is 1. The van der Waals surface area contributed by atoms with Crippen LogP contribution in [0.1, 0.15) is 10.4 Å². The van der Waals surface area contributed by atoms with E-state index in [0.29, 0.717) is 5.56 Å². The Morgan fingerprint density at radius 2 is 1.94 bits per heavy atom. The smallest absolute Gasteiger partial charge is 0.337 e. The van der Waals surface area contributed by atoms with Crippen LogP contribution in [-0.2, 0) is 4.74 Å². The highest BCUT2D eigenvalue weighted by Crippen LogP contribution is 2.19. The molecule has 18 heavy (non-hydrogen) atoms. The van der Waals surface area contributed by atoms with E-state index in [0.717, 1.165) is 17.1 Å². The normalized spacial score (nSPS) is 9.89. The van der Waals surface area contributed by atoms with Crippen molar-refractivity contribution in [2.45, 2.75) is 0 Å². The summed E-state index contributed by atoms with van der Waals surface area (Å²) in [5.41, 5.74) is 2.23. The Labute approximate surface area is 105 Å². The second-order valence-corrected chi connectivity index (χ2v) is 3.61. The van der Waals surface area contributed by atoms with Crippen molar-refractivity contribution < 1.29 is 9.53 Å². The number of rotatable bonds is 3. The molecule has 0 aliphatic heterocycles. The molecule has 2 rings (SSSR count). The van der Waals surface area contributed by atoms with Gasteiger partial charge in [-0.3, -0.25) is 0 Å². The molecule has 0 bridgehead atoms. The second kappa shape index (κ2) is 5.27. The molecule has 1 aromatic carbocycles.